The zero-order chi connectivity index (χ0) is 15.1. The summed E-state index contributed by atoms with van der Waals surface area (Å²) >= 11 is 0.937. The average molecular weight is 304 g/mol. The Kier molecular flexibility index (Phi) is 3.21. The molecule has 0 spiro atoms. The van der Waals surface area contributed by atoms with E-state index in [0.717, 1.165) is 17.1 Å². The molecular weight excluding hydrogens is 292 g/mol. The van der Waals surface area contributed by atoms with Crippen molar-refractivity contribution in [3.63, 3.8) is 0 Å². The van der Waals surface area contributed by atoms with Gasteiger partial charge in [-0.1, -0.05) is 6.07 Å². The van der Waals surface area contributed by atoms with Gasteiger partial charge >= 0.3 is 0 Å². The highest BCUT2D eigenvalue weighted by Crippen LogP contribution is 2.39. The van der Waals surface area contributed by atoms with Crippen LogP contribution in [0, 0.1) is 0 Å². The first kappa shape index (κ1) is 13.7. The molecule has 1 N–H and O–H groups in total. The monoisotopic (exact) mass is 304 g/mol. The van der Waals surface area contributed by atoms with E-state index in [1.165, 1.54) is 17.7 Å². The van der Waals surface area contributed by atoms with E-state index in [1.807, 2.05) is 0 Å². The van der Waals surface area contributed by atoms with Crippen molar-refractivity contribution < 1.29 is 14.3 Å². The van der Waals surface area contributed by atoms with E-state index in [4.69, 9.17) is 4.74 Å². The zero-order valence-electron chi connectivity index (χ0n) is 11.4. The lowest BCUT2D eigenvalue weighted by Crippen LogP contribution is -2.21. The van der Waals surface area contributed by atoms with Gasteiger partial charge in [-0.2, -0.15) is 0 Å². The molecule has 7 heteroatoms. The Bertz CT molecular complexity index is 828. The minimum Gasteiger partial charge on any atom is -0.495 e. The topological polar surface area (TPSA) is 77.4 Å². The normalized spacial score (nSPS) is 18.1. The van der Waals surface area contributed by atoms with Crippen molar-refractivity contribution in [2.75, 3.05) is 7.11 Å². The van der Waals surface area contributed by atoms with Crippen LogP contribution in [-0.4, -0.2) is 22.8 Å². The van der Waals surface area contributed by atoms with Gasteiger partial charge < -0.3 is 9.30 Å². The molecule has 6 nitrogen and oxygen atoms in total. The van der Waals surface area contributed by atoms with Crippen LogP contribution in [-0.2, 0) is 11.8 Å². The van der Waals surface area contributed by atoms with Gasteiger partial charge in [0.25, 0.3) is 10.8 Å². The maximum atomic E-state index is 11.9. The molecule has 1 aliphatic heterocycles. The molecule has 0 saturated carbocycles. The number of nitrogens with one attached hydrogen (secondary N) is 1. The number of carbonyl (C=O) groups excluding carboxylic acids is 2. The van der Waals surface area contributed by atoms with Crippen LogP contribution in [0.2, 0.25) is 0 Å². The Morgan fingerprint density at radius 1 is 1.19 bits per heavy atom. The molecule has 108 valence electrons. The fourth-order valence-electron chi connectivity index (χ4n) is 2.46. The van der Waals surface area contributed by atoms with Crippen molar-refractivity contribution >= 4 is 33.8 Å². The van der Waals surface area contributed by atoms with Crippen molar-refractivity contribution in [3.8, 4) is 5.75 Å². The summed E-state index contributed by atoms with van der Waals surface area (Å²) in [5, 5.41) is 2.02. The van der Waals surface area contributed by atoms with Crippen LogP contribution in [0.15, 0.2) is 29.1 Å². The Morgan fingerprint density at radius 2 is 1.95 bits per heavy atom. The summed E-state index contributed by atoms with van der Waals surface area (Å²) in [5.41, 5.74) is 1.13. The number of amides is 2. The van der Waals surface area contributed by atoms with Crippen LogP contribution < -0.4 is 15.6 Å². The van der Waals surface area contributed by atoms with Crippen LogP contribution in [0.5, 0.6) is 5.75 Å². The number of pyridine rings is 1. The molecule has 2 heterocycles. The molecule has 1 saturated heterocycles. The number of carbonyl (C=O) groups is 2. The Labute approximate surface area is 124 Å². The minimum absolute atomic E-state index is 0.169. The highest BCUT2D eigenvalue weighted by Gasteiger charge is 2.34. The largest absolute Gasteiger partial charge is 0.495 e. The van der Waals surface area contributed by atoms with E-state index < -0.39 is 5.25 Å². The van der Waals surface area contributed by atoms with Crippen molar-refractivity contribution in [1.82, 2.24) is 9.88 Å². The molecule has 21 heavy (non-hydrogen) atoms. The lowest BCUT2D eigenvalue weighted by molar-refractivity contribution is -0.119. The van der Waals surface area contributed by atoms with E-state index in [1.54, 1.807) is 25.2 Å². The van der Waals surface area contributed by atoms with Crippen LogP contribution in [0.3, 0.4) is 0 Å². The highest BCUT2D eigenvalue weighted by atomic mass is 32.2. The molecule has 2 amide bonds. The minimum atomic E-state index is -0.608. The number of fused-ring (bicyclic) bond motifs is 1. The molecule has 0 aliphatic carbocycles. The number of imide groups is 1. The summed E-state index contributed by atoms with van der Waals surface area (Å²) in [4.78, 5) is 35.1. The molecule has 2 aromatic rings. The van der Waals surface area contributed by atoms with Gasteiger partial charge in [0.15, 0.2) is 0 Å². The average Bonchev–Trinajstić information content (AvgIpc) is 2.80. The van der Waals surface area contributed by atoms with Gasteiger partial charge in [0.05, 0.1) is 12.6 Å². The number of thioether (sulfide) groups is 1. The molecule has 1 aliphatic rings. The number of benzene rings is 1. The molecule has 0 radical (unpaired) electrons. The van der Waals surface area contributed by atoms with E-state index in [-0.39, 0.29) is 16.7 Å². The van der Waals surface area contributed by atoms with E-state index in [0.29, 0.717) is 16.8 Å². The number of hydrogen-bond acceptors (Lipinski definition) is 5. The molecule has 1 aromatic carbocycles. The van der Waals surface area contributed by atoms with Crippen molar-refractivity contribution in [2.45, 2.75) is 5.25 Å². The fraction of sp³-hybridized carbons (Fsp3) is 0.214. The summed E-state index contributed by atoms with van der Waals surface area (Å²) in [5.74, 6) is 0.203. The number of ether oxygens (including phenoxy) is 1. The maximum absolute atomic E-state index is 11.9. The third kappa shape index (κ3) is 2.09. The smallest absolute Gasteiger partial charge is 0.286 e. The zero-order valence-corrected chi connectivity index (χ0v) is 12.2. The van der Waals surface area contributed by atoms with E-state index in [2.05, 4.69) is 5.32 Å². The van der Waals surface area contributed by atoms with Crippen LogP contribution in [0.25, 0.3) is 10.9 Å². The first-order chi connectivity index (χ1) is 10.0. The lowest BCUT2D eigenvalue weighted by Gasteiger charge is -2.15. The molecule has 1 aromatic heterocycles. The highest BCUT2D eigenvalue weighted by molar-refractivity contribution is 8.15. The van der Waals surface area contributed by atoms with Crippen molar-refractivity contribution in [2.24, 2.45) is 7.05 Å². The number of methoxy groups -OCH3 is 1. The second-order valence-corrected chi connectivity index (χ2v) is 5.70. The lowest BCUT2D eigenvalue weighted by atomic mass is 10.0. The van der Waals surface area contributed by atoms with Gasteiger partial charge in [-0.15, -0.1) is 0 Å². The third-order valence-corrected chi connectivity index (χ3v) is 4.48. The SMILES string of the molecule is COc1ccc(C2SC(=O)NC2=O)c2ccc(=O)n(C)c12. The predicted molar refractivity (Wildman–Crippen MR) is 79.6 cm³/mol. The van der Waals surface area contributed by atoms with Crippen LogP contribution in [0.4, 0.5) is 4.79 Å². The van der Waals surface area contributed by atoms with Crippen LogP contribution >= 0.6 is 11.8 Å². The second-order valence-electron chi connectivity index (χ2n) is 4.62. The quantitative estimate of drug-likeness (QED) is 0.911. The Hall–Kier alpha value is -2.28. The number of nitrogens with zero attached hydrogens (tertiary/aromatic N) is 1. The number of aryl methyl sites for hydroxylation is 1. The third-order valence-electron chi connectivity index (χ3n) is 3.46. The number of rotatable bonds is 2. The molecule has 0 bridgehead atoms. The predicted octanol–water partition coefficient (Wildman–Crippen LogP) is 1.57. The van der Waals surface area contributed by atoms with Gasteiger partial charge in [-0.25, -0.2) is 0 Å². The van der Waals surface area contributed by atoms with Gasteiger partial charge in [0, 0.05) is 18.5 Å². The van der Waals surface area contributed by atoms with Gasteiger partial charge in [0.1, 0.15) is 11.0 Å². The Morgan fingerprint density at radius 3 is 2.57 bits per heavy atom. The maximum Gasteiger partial charge on any atom is 0.286 e. The number of aromatic nitrogens is 1. The van der Waals surface area contributed by atoms with Gasteiger partial charge in [-0.3, -0.25) is 19.7 Å². The summed E-state index contributed by atoms with van der Waals surface area (Å²) in [7, 11) is 3.16. The summed E-state index contributed by atoms with van der Waals surface area (Å²) in [6.45, 7) is 0. The van der Waals surface area contributed by atoms with E-state index >= 15 is 0 Å². The molecular formula is C14H12N2O4S. The molecule has 1 unspecified atom stereocenters. The number of hydrogen-bond donors (Lipinski definition) is 1. The van der Waals surface area contributed by atoms with Crippen molar-refractivity contribution in [3.05, 3.63) is 40.2 Å². The standard InChI is InChI=1S/C14H12N2O4S/c1-16-10(17)6-4-7-8(3-5-9(20-2)11(7)16)12-13(18)15-14(19)21-12/h3-6,12H,1-2H3,(H,15,18,19). The van der Waals surface area contributed by atoms with Crippen molar-refractivity contribution in [1.29, 1.82) is 0 Å². The fourth-order valence-corrected chi connectivity index (χ4v) is 3.33. The molecule has 1 atom stereocenters. The second kappa shape index (κ2) is 4.92. The van der Waals surface area contributed by atoms with Gasteiger partial charge in [0.2, 0.25) is 5.91 Å². The van der Waals surface area contributed by atoms with E-state index in [9.17, 15) is 14.4 Å². The summed E-state index contributed by atoms with van der Waals surface area (Å²) < 4.78 is 6.76. The Balaban J connectivity index is 2.31. The first-order valence-corrected chi connectivity index (χ1v) is 7.09. The van der Waals surface area contributed by atoms with Crippen LogP contribution in [0.1, 0.15) is 10.8 Å². The summed E-state index contributed by atoms with van der Waals surface area (Å²) in [6, 6.07) is 6.55. The first-order valence-electron chi connectivity index (χ1n) is 6.21. The molecule has 1 fully saturated rings. The summed E-state index contributed by atoms with van der Waals surface area (Å²) in [6.07, 6.45) is 0. The van der Waals surface area contributed by atoms with Gasteiger partial charge in [-0.05, 0) is 29.5 Å². The molecule has 3 rings (SSSR count).